The molecular weight excluding hydrogens is 613 g/mol. The molecule has 1 spiro atoms. The molecule has 0 amide bonds. The standard InChI is InChI=1S/C46H26N2S/c1-6-16-36-28(11-1)29-12-2-7-17-37(29)46(36)38-18-8-3-13-30(38)31-22-21-27(25-39(31)46)48-40-19-9-4-14-33(40)42-32-23-24-47-26-35(32)45-43(44(42)48)34-15-5-10-20-41(34)49-45/h1-26H. The molecule has 0 bridgehead atoms. The first kappa shape index (κ1) is 26.0. The number of hydrogen-bond donors (Lipinski definition) is 0. The van der Waals surface area contributed by atoms with Crippen LogP contribution in [0.2, 0.25) is 0 Å². The molecule has 3 heteroatoms. The molecule has 0 unspecified atom stereocenters. The second-order valence-corrected chi connectivity index (χ2v) is 14.5. The minimum Gasteiger partial charge on any atom is -0.309 e. The Morgan fingerprint density at radius 1 is 0.490 bits per heavy atom. The van der Waals surface area contributed by atoms with Gasteiger partial charge in [0.15, 0.2) is 0 Å². The molecule has 0 saturated carbocycles. The molecule has 3 heterocycles. The predicted molar refractivity (Wildman–Crippen MR) is 205 cm³/mol. The van der Waals surface area contributed by atoms with E-state index in [1.54, 1.807) is 0 Å². The molecule has 0 fully saturated rings. The van der Waals surface area contributed by atoms with Gasteiger partial charge in [0.2, 0.25) is 0 Å². The fraction of sp³-hybridized carbons (Fsp3) is 0.0217. The summed E-state index contributed by atoms with van der Waals surface area (Å²) in [5, 5.41) is 7.63. The van der Waals surface area contributed by atoms with Crippen LogP contribution in [0.25, 0.3) is 80.7 Å². The molecule has 0 aliphatic heterocycles. The van der Waals surface area contributed by atoms with Gasteiger partial charge in [0.05, 0.1) is 16.4 Å². The number of rotatable bonds is 1. The summed E-state index contributed by atoms with van der Waals surface area (Å²) in [6, 6.07) is 54.4. The van der Waals surface area contributed by atoms with Crippen LogP contribution in [0, 0.1) is 0 Å². The molecule has 2 nitrogen and oxygen atoms in total. The van der Waals surface area contributed by atoms with Crippen LogP contribution in [-0.4, -0.2) is 9.55 Å². The van der Waals surface area contributed by atoms with E-state index < -0.39 is 5.41 Å². The highest BCUT2D eigenvalue weighted by Crippen LogP contribution is 2.63. The zero-order valence-electron chi connectivity index (χ0n) is 26.3. The van der Waals surface area contributed by atoms with Gasteiger partial charge in [-0.1, -0.05) is 115 Å². The second kappa shape index (κ2) is 9.10. The maximum absolute atomic E-state index is 4.62. The van der Waals surface area contributed by atoms with Gasteiger partial charge >= 0.3 is 0 Å². The number of thiophene rings is 1. The highest BCUT2D eigenvalue weighted by Gasteiger charge is 2.51. The second-order valence-electron chi connectivity index (χ2n) is 13.4. The third-order valence-corrected chi connectivity index (χ3v) is 12.5. The monoisotopic (exact) mass is 638 g/mol. The molecule has 0 radical (unpaired) electrons. The van der Waals surface area contributed by atoms with Crippen molar-refractivity contribution in [2.24, 2.45) is 0 Å². The van der Waals surface area contributed by atoms with Crippen molar-refractivity contribution in [1.29, 1.82) is 0 Å². The van der Waals surface area contributed by atoms with Gasteiger partial charge in [-0.05, 0) is 80.2 Å². The van der Waals surface area contributed by atoms with Crippen molar-refractivity contribution in [3.05, 3.63) is 180 Å². The van der Waals surface area contributed by atoms with Crippen molar-refractivity contribution >= 4 is 64.1 Å². The Balaban J connectivity index is 1.28. The summed E-state index contributed by atoms with van der Waals surface area (Å²) in [5.74, 6) is 0. The van der Waals surface area contributed by atoms with Crippen molar-refractivity contribution in [3.63, 3.8) is 0 Å². The van der Waals surface area contributed by atoms with Crippen LogP contribution >= 0.6 is 11.3 Å². The third kappa shape index (κ3) is 3.02. The van der Waals surface area contributed by atoms with Crippen molar-refractivity contribution in [3.8, 4) is 27.9 Å². The molecule has 2 aliphatic rings. The Morgan fingerprint density at radius 3 is 1.84 bits per heavy atom. The van der Waals surface area contributed by atoms with E-state index in [0.717, 1.165) is 0 Å². The quantitative estimate of drug-likeness (QED) is 0.175. The first-order valence-electron chi connectivity index (χ1n) is 16.9. The lowest BCUT2D eigenvalue weighted by Gasteiger charge is -2.30. The molecule has 3 aromatic heterocycles. The molecule has 2 aliphatic carbocycles. The summed E-state index contributed by atoms with van der Waals surface area (Å²) < 4.78 is 5.15. The average Bonchev–Trinajstić information content (AvgIpc) is 3.89. The highest BCUT2D eigenvalue weighted by molar-refractivity contribution is 7.27. The fourth-order valence-corrected chi connectivity index (χ4v) is 10.7. The number of benzene rings is 7. The van der Waals surface area contributed by atoms with Gasteiger partial charge in [-0.25, -0.2) is 0 Å². The summed E-state index contributed by atoms with van der Waals surface area (Å²) in [7, 11) is 0. The first-order chi connectivity index (χ1) is 24.3. The maximum atomic E-state index is 4.62. The number of para-hydroxylation sites is 1. The van der Waals surface area contributed by atoms with Gasteiger partial charge in [-0.2, -0.15) is 0 Å². The van der Waals surface area contributed by atoms with E-state index in [4.69, 9.17) is 0 Å². The van der Waals surface area contributed by atoms with Gasteiger partial charge in [-0.3, -0.25) is 4.98 Å². The fourth-order valence-electron chi connectivity index (χ4n) is 9.50. The lowest BCUT2D eigenvalue weighted by Crippen LogP contribution is -2.26. The normalized spacial score (nSPS) is 13.9. The summed E-state index contributed by atoms with van der Waals surface area (Å²) in [5.41, 5.74) is 14.0. The molecule has 7 aromatic carbocycles. The van der Waals surface area contributed by atoms with Gasteiger partial charge in [-0.15, -0.1) is 11.3 Å². The Kier molecular flexibility index (Phi) is 4.83. The molecule has 12 rings (SSSR count). The number of pyridine rings is 1. The van der Waals surface area contributed by atoms with Crippen LogP contribution < -0.4 is 0 Å². The SMILES string of the molecule is c1ccc2c(c1)-c1ccccc1C21c2ccccc2-c2ccc(-n3c4ccccc4c4c5ccncc5c5sc6ccccc6c5c43)cc21. The van der Waals surface area contributed by atoms with Crippen molar-refractivity contribution in [2.75, 3.05) is 0 Å². The zero-order valence-corrected chi connectivity index (χ0v) is 27.1. The minimum absolute atomic E-state index is 0.392. The van der Waals surface area contributed by atoms with Crippen LogP contribution in [0.3, 0.4) is 0 Å². The van der Waals surface area contributed by atoms with Gasteiger partial charge < -0.3 is 4.57 Å². The average molecular weight is 639 g/mol. The van der Waals surface area contributed by atoms with Gasteiger partial charge in [0.25, 0.3) is 0 Å². The van der Waals surface area contributed by atoms with E-state index in [0.29, 0.717) is 0 Å². The van der Waals surface area contributed by atoms with Crippen LogP contribution in [-0.2, 0) is 5.41 Å². The summed E-state index contributed by atoms with van der Waals surface area (Å²) in [6.45, 7) is 0. The molecule has 49 heavy (non-hydrogen) atoms. The third-order valence-electron chi connectivity index (χ3n) is 11.3. The number of aromatic nitrogens is 2. The smallest absolute Gasteiger partial charge is 0.0726 e. The Bertz CT molecular complexity index is 3000. The largest absolute Gasteiger partial charge is 0.309 e. The van der Waals surface area contributed by atoms with Crippen LogP contribution in [0.1, 0.15) is 22.3 Å². The van der Waals surface area contributed by atoms with Crippen molar-refractivity contribution < 1.29 is 0 Å². The lowest BCUT2D eigenvalue weighted by molar-refractivity contribution is 0.792. The molecule has 226 valence electrons. The van der Waals surface area contributed by atoms with Crippen molar-refractivity contribution in [1.82, 2.24) is 9.55 Å². The lowest BCUT2D eigenvalue weighted by atomic mass is 9.70. The van der Waals surface area contributed by atoms with Gasteiger partial charge in [0.1, 0.15) is 0 Å². The van der Waals surface area contributed by atoms with E-state index in [-0.39, 0.29) is 0 Å². The topological polar surface area (TPSA) is 17.8 Å². The molecule has 0 atom stereocenters. The Morgan fingerprint density at radius 2 is 1.10 bits per heavy atom. The summed E-state index contributed by atoms with van der Waals surface area (Å²) >= 11 is 1.88. The molecular formula is C46H26N2S. The molecule has 0 N–H and O–H groups in total. The zero-order chi connectivity index (χ0) is 31.8. The van der Waals surface area contributed by atoms with Crippen LogP contribution in [0.4, 0.5) is 0 Å². The first-order valence-corrected chi connectivity index (χ1v) is 17.7. The number of fused-ring (bicyclic) bond motifs is 20. The highest BCUT2D eigenvalue weighted by atomic mass is 32.1. The van der Waals surface area contributed by atoms with Gasteiger partial charge in [0, 0.05) is 54.4 Å². The predicted octanol–water partition coefficient (Wildman–Crippen LogP) is 12.0. The van der Waals surface area contributed by atoms with E-state index >= 15 is 0 Å². The van der Waals surface area contributed by atoms with Crippen LogP contribution in [0.15, 0.2) is 158 Å². The summed E-state index contributed by atoms with van der Waals surface area (Å²) in [6.07, 6.45) is 4.00. The Hall–Kier alpha value is -6.03. The van der Waals surface area contributed by atoms with Crippen molar-refractivity contribution in [2.45, 2.75) is 5.41 Å². The Labute approximate surface area is 286 Å². The van der Waals surface area contributed by atoms with E-state index in [2.05, 4.69) is 161 Å². The summed E-state index contributed by atoms with van der Waals surface area (Å²) in [4.78, 5) is 4.62. The van der Waals surface area contributed by atoms with Crippen LogP contribution in [0.5, 0.6) is 0 Å². The number of nitrogens with zero attached hydrogens (tertiary/aromatic N) is 2. The van der Waals surface area contributed by atoms with E-state index in [1.807, 2.05) is 17.5 Å². The van der Waals surface area contributed by atoms with E-state index in [9.17, 15) is 0 Å². The minimum atomic E-state index is -0.392. The van der Waals surface area contributed by atoms with E-state index in [1.165, 1.54) is 103 Å². The molecule has 0 saturated heterocycles. The molecule has 10 aromatic rings. The number of hydrogen-bond acceptors (Lipinski definition) is 2. The maximum Gasteiger partial charge on any atom is 0.0726 e.